The molecule has 2 aromatic carbocycles. The van der Waals surface area contributed by atoms with Crippen LogP contribution in [0.2, 0.25) is 0 Å². The summed E-state index contributed by atoms with van der Waals surface area (Å²) in [4.78, 5) is 27.1. The molecule has 1 aromatic heterocycles. The summed E-state index contributed by atoms with van der Waals surface area (Å²) >= 11 is 1.37. The third-order valence-corrected chi connectivity index (χ3v) is 8.84. The number of esters is 1. The number of benzene rings is 2. The van der Waals surface area contributed by atoms with E-state index in [2.05, 4.69) is 5.32 Å². The number of anilines is 2. The van der Waals surface area contributed by atoms with Gasteiger partial charge < -0.3 is 10.1 Å². The Hall–Kier alpha value is -3.17. The number of carbonyl (C=O) groups is 2. The van der Waals surface area contributed by atoms with E-state index in [9.17, 15) is 18.0 Å². The first kappa shape index (κ1) is 24.9. The second kappa shape index (κ2) is 10.6. The standard InChI is InChI=1S/C26H28N2O5S2/c1-3-33-26(30)24-21-11-7-8-12-22(21)34-25(24)27-23(29)17-28(19-9-5-4-6-10-19)35(31,32)20-15-13-18(2)14-16-20/h4-6,9-10,13-16H,3,7-8,11-12,17H2,1-2H3,(H,27,29). The van der Waals surface area contributed by atoms with Crippen molar-refractivity contribution in [3.63, 3.8) is 0 Å². The maximum Gasteiger partial charge on any atom is 0.341 e. The molecule has 0 saturated carbocycles. The quantitative estimate of drug-likeness (QED) is 0.431. The number of amides is 1. The van der Waals surface area contributed by atoms with Crippen LogP contribution < -0.4 is 9.62 Å². The van der Waals surface area contributed by atoms with Crippen LogP contribution in [0, 0.1) is 6.92 Å². The highest BCUT2D eigenvalue weighted by atomic mass is 32.2. The number of sulfonamides is 1. The van der Waals surface area contributed by atoms with Gasteiger partial charge in [0.15, 0.2) is 0 Å². The van der Waals surface area contributed by atoms with Gasteiger partial charge in [0.1, 0.15) is 11.5 Å². The second-order valence-corrected chi connectivity index (χ2v) is 11.3. The molecule has 3 aromatic rings. The maximum absolute atomic E-state index is 13.5. The van der Waals surface area contributed by atoms with Gasteiger partial charge in [-0.05, 0) is 69.4 Å². The number of hydrogen-bond donors (Lipinski definition) is 1. The highest BCUT2D eigenvalue weighted by molar-refractivity contribution is 7.92. The van der Waals surface area contributed by atoms with E-state index >= 15 is 0 Å². The second-order valence-electron chi connectivity index (χ2n) is 8.34. The monoisotopic (exact) mass is 512 g/mol. The Balaban J connectivity index is 1.65. The van der Waals surface area contributed by atoms with Crippen molar-refractivity contribution in [2.75, 3.05) is 22.8 Å². The third kappa shape index (κ3) is 5.41. The van der Waals surface area contributed by atoms with Gasteiger partial charge in [-0.25, -0.2) is 13.2 Å². The molecule has 35 heavy (non-hydrogen) atoms. The molecule has 4 rings (SSSR count). The van der Waals surface area contributed by atoms with Crippen LogP contribution in [0.25, 0.3) is 0 Å². The predicted octanol–water partition coefficient (Wildman–Crippen LogP) is 4.95. The molecule has 1 N–H and O–H groups in total. The van der Waals surface area contributed by atoms with Crippen molar-refractivity contribution in [3.05, 3.63) is 76.2 Å². The van der Waals surface area contributed by atoms with Gasteiger partial charge in [-0.3, -0.25) is 9.10 Å². The first-order valence-corrected chi connectivity index (χ1v) is 13.8. The predicted molar refractivity (Wildman–Crippen MR) is 138 cm³/mol. The molecule has 0 unspecified atom stereocenters. The Morgan fingerprint density at radius 3 is 2.40 bits per heavy atom. The summed E-state index contributed by atoms with van der Waals surface area (Å²) in [7, 11) is -4.01. The molecule has 0 saturated heterocycles. The number of nitrogens with zero attached hydrogens (tertiary/aromatic N) is 1. The molecule has 1 aliphatic carbocycles. The van der Waals surface area contributed by atoms with Crippen LogP contribution in [-0.4, -0.2) is 33.4 Å². The van der Waals surface area contributed by atoms with Gasteiger partial charge in [0.2, 0.25) is 5.91 Å². The van der Waals surface area contributed by atoms with E-state index in [1.54, 1.807) is 49.4 Å². The lowest BCUT2D eigenvalue weighted by Crippen LogP contribution is -2.38. The maximum atomic E-state index is 13.5. The number of fused-ring (bicyclic) bond motifs is 1. The Kier molecular flexibility index (Phi) is 7.57. The SMILES string of the molecule is CCOC(=O)c1c(NC(=O)CN(c2ccccc2)S(=O)(=O)c2ccc(C)cc2)sc2c1CCCC2. The minimum absolute atomic E-state index is 0.0959. The zero-order valence-electron chi connectivity index (χ0n) is 19.7. The van der Waals surface area contributed by atoms with Crippen LogP contribution in [0.15, 0.2) is 59.5 Å². The molecule has 0 aliphatic heterocycles. The summed E-state index contributed by atoms with van der Waals surface area (Å²) in [6.45, 7) is 3.40. The van der Waals surface area contributed by atoms with E-state index in [1.165, 1.54) is 23.5 Å². The summed E-state index contributed by atoms with van der Waals surface area (Å²) in [5, 5.41) is 3.23. The number of hydrogen-bond acceptors (Lipinski definition) is 6. The molecule has 1 aliphatic rings. The van der Waals surface area contributed by atoms with E-state index < -0.39 is 28.4 Å². The Bertz CT molecular complexity index is 1320. The molecule has 0 spiro atoms. The van der Waals surface area contributed by atoms with E-state index in [-0.39, 0.29) is 11.5 Å². The van der Waals surface area contributed by atoms with Crippen LogP contribution in [0.5, 0.6) is 0 Å². The van der Waals surface area contributed by atoms with E-state index in [0.29, 0.717) is 16.3 Å². The summed E-state index contributed by atoms with van der Waals surface area (Å²) in [6, 6.07) is 15.0. The van der Waals surface area contributed by atoms with Gasteiger partial charge >= 0.3 is 5.97 Å². The van der Waals surface area contributed by atoms with Crippen molar-refractivity contribution in [2.45, 2.75) is 44.4 Å². The van der Waals surface area contributed by atoms with Crippen LogP contribution in [-0.2, 0) is 32.4 Å². The van der Waals surface area contributed by atoms with Crippen molar-refractivity contribution in [3.8, 4) is 0 Å². The molecule has 184 valence electrons. The zero-order chi connectivity index (χ0) is 25.0. The van der Waals surface area contributed by atoms with Crippen molar-refractivity contribution in [1.82, 2.24) is 0 Å². The number of thiophene rings is 1. The summed E-state index contributed by atoms with van der Waals surface area (Å²) in [5.74, 6) is -0.997. The van der Waals surface area contributed by atoms with E-state index in [0.717, 1.165) is 46.0 Å². The van der Waals surface area contributed by atoms with Crippen LogP contribution in [0.1, 0.15) is 46.1 Å². The largest absolute Gasteiger partial charge is 0.462 e. The van der Waals surface area contributed by atoms with Gasteiger partial charge in [-0.1, -0.05) is 35.9 Å². The first-order valence-electron chi connectivity index (χ1n) is 11.6. The molecule has 1 amide bonds. The van der Waals surface area contributed by atoms with Crippen molar-refractivity contribution < 1.29 is 22.7 Å². The van der Waals surface area contributed by atoms with Gasteiger partial charge in [0.05, 0.1) is 22.8 Å². The average Bonchev–Trinajstić information content (AvgIpc) is 3.21. The number of ether oxygens (including phenoxy) is 1. The molecule has 0 atom stereocenters. The third-order valence-electron chi connectivity index (χ3n) is 5.84. The molecule has 0 bridgehead atoms. The molecule has 9 heteroatoms. The summed E-state index contributed by atoms with van der Waals surface area (Å²) in [5.41, 5.74) is 2.63. The Morgan fingerprint density at radius 2 is 1.71 bits per heavy atom. The fourth-order valence-corrected chi connectivity index (χ4v) is 6.83. The minimum atomic E-state index is -4.01. The van der Waals surface area contributed by atoms with Gasteiger partial charge in [0.25, 0.3) is 10.0 Å². The zero-order valence-corrected chi connectivity index (χ0v) is 21.4. The fraction of sp³-hybridized carbons (Fsp3) is 0.308. The minimum Gasteiger partial charge on any atom is -0.462 e. The topological polar surface area (TPSA) is 92.8 Å². The van der Waals surface area contributed by atoms with Crippen molar-refractivity contribution >= 4 is 43.9 Å². The number of rotatable bonds is 8. The molecule has 0 radical (unpaired) electrons. The molecule has 0 fully saturated rings. The lowest BCUT2D eigenvalue weighted by Gasteiger charge is -2.24. The highest BCUT2D eigenvalue weighted by Gasteiger charge is 2.30. The number of nitrogens with one attached hydrogen (secondary N) is 1. The van der Waals surface area contributed by atoms with Gasteiger partial charge in [-0.2, -0.15) is 0 Å². The van der Waals surface area contributed by atoms with Crippen LogP contribution in [0.3, 0.4) is 0 Å². The smallest absolute Gasteiger partial charge is 0.341 e. The van der Waals surface area contributed by atoms with Crippen LogP contribution >= 0.6 is 11.3 Å². The van der Waals surface area contributed by atoms with Crippen molar-refractivity contribution in [2.24, 2.45) is 0 Å². The Labute approximate surface area is 209 Å². The van der Waals surface area contributed by atoms with Gasteiger partial charge in [-0.15, -0.1) is 11.3 Å². The first-order chi connectivity index (χ1) is 16.8. The number of carbonyl (C=O) groups excluding carboxylic acids is 2. The van der Waals surface area contributed by atoms with Crippen molar-refractivity contribution in [1.29, 1.82) is 0 Å². The molecule has 7 nitrogen and oxygen atoms in total. The molecule has 1 heterocycles. The molecular formula is C26H28N2O5S2. The van der Waals surface area contributed by atoms with E-state index in [1.807, 2.05) is 6.92 Å². The van der Waals surface area contributed by atoms with Crippen LogP contribution in [0.4, 0.5) is 10.7 Å². The van der Waals surface area contributed by atoms with E-state index in [4.69, 9.17) is 4.74 Å². The number of para-hydroxylation sites is 1. The normalized spacial score (nSPS) is 13.1. The summed E-state index contributed by atoms with van der Waals surface area (Å²) in [6.07, 6.45) is 3.61. The lowest BCUT2D eigenvalue weighted by molar-refractivity contribution is -0.114. The van der Waals surface area contributed by atoms with Gasteiger partial charge in [0, 0.05) is 4.88 Å². The lowest BCUT2D eigenvalue weighted by atomic mass is 9.95. The highest BCUT2D eigenvalue weighted by Crippen LogP contribution is 2.38. The Morgan fingerprint density at radius 1 is 1.03 bits per heavy atom. The molecular weight excluding hydrogens is 484 g/mol. The summed E-state index contributed by atoms with van der Waals surface area (Å²) < 4.78 is 33.4. The fourth-order valence-electron chi connectivity index (χ4n) is 4.12. The average molecular weight is 513 g/mol. The number of aryl methyl sites for hydroxylation is 2.